The van der Waals surface area contributed by atoms with Gasteiger partial charge in [-0.05, 0) is 36.5 Å². The number of rotatable bonds is 6. The molecule has 0 radical (unpaired) electrons. The molecule has 15 heavy (non-hydrogen) atoms. The van der Waals surface area contributed by atoms with Gasteiger partial charge in [0.2, 0.25) is 0 Å². The predicted molar refractivity (Wildman–Crippen MR) is 67.8 cm³/mol. The van der Waals surface area contributed by atoms with Gasteiger partial charge in [-0.3, -0.25) is 0 Å². The largest absolute Gasteiger partial charge is 0.393 e. The monoisotopic (exact) mass is 212 g/mol. The molecule has 1 nitrogen and oxygen atoms in total. The molecule has 1 heteroatoms. The van der Waals surface area contributed by atoms with Crippen LogP contribution in [0, 0.1) is 17.3 Å². The van der Waals surface area contributed by atoms with Crippen LogP contribution in [0.5, 0.6) is 0 Å². The van der Waals surface area contributed by atoms with Gasteiger partial charge in [-0.15, -0.1) is 6.58 Å². The Morgan fingerprint density at radius 3 is 2.13 bits per heavy atom. The van der Waals surface area contributed by atoms with Crippen molar-refractivity contribution in [1.29, 1.82) is 0 Å². The van der Waals surface area contributed by atoms with Crippen molar-refractivity contribution < 1.29 is 5.11 Å². The summed E-state index contributed by atoms with van der Waals surface area (Å²) >= 11 is 0. The van der Waals surface area contributed by atoms with Crippen molar-refractivity contribution in [2.24, 2.45) is 17.3 Å². The molecule has 0 fully saturated rings. The lowest BCUT2D eigenvalue weighted by molar-refractivity contribution is 0.130. The number of hydrogen-bond donors (Lipinski definition) is 1. The highest BCUT2D eigenvalue weighted by Gasteiger charge is 2.22. The molecule has 0 aliphatic carbocycles. The minimum absolute atomic E-state index is 0.204. The van der Waals surface area contributed by atoms with Gasteiger partial charge in [-0.1, -0.05) is 40.7 Å². The second kappa shape index (κ2) is 6.32. The van der Waals surface area contributed by atoms with E-state index < -0.39 is 0 Å². The van der Waals surface area contributed by atoms with Crippen molar-refractivity contribution in [3.8, 4) is 0 Å². The van der Waals surface area contributed by atoms with Crippen LogP contribution in [0.25, 0.3) is 0 Å². The van der Waals surface area contributed by atoms with Crippen molar-refractivity contribution in [1.82, 2.24) is 0 Å². The van der Waals surface area contributed by atoms with Gasteiger partial charge < -0.3 is 5.11 Å². The minimum Gasteiger partial charge on any atom is -0.393 e. The van der Waals surface area contributed by atoms with Gasteiger partial charge in [0, 0.05) is 0 Å². The van der Waals surface area contributed by atoms with Crippen molar-refractivity contribution in [2.75, 3.05) is 0 Å². The van der Waals surface area contributed by atoms with Gasteiger partial charge in [-0.25, -0.2) is 0 Å². The van der Waals surface area contributed by atoms with E-state index >= 15 is 0 Å². The summed E-state index contributed by atoms with van der Waals surface area (Å²) in [7, 11) is 0. The SMILES string of the molecule is C=CC[C@@H](O)C[C@H](C)C[C@H](C)C(C)(C)C. The van der Waals surface area contributed by atoms with Gasteiger partial charge in [0.25, 0.3) is 0 Å². The lowest BCUT2D eigenvalue weighted by Gasteiger charge is -2.30. The molecule has 0 unspecified atom stereocenters. The maximum Gasteiger partial charge on any atom is 0.0577 e. The average Bonchev–Trinajstić information content (AvgIpc) is 2.01. The fourth-order valence-electron chi connectivity index (χ4n) is 1.81. The Balaban J connectivity index is 3.92. The summed E-state index contributed by atoms with van der Waals surface area (Å²) in [6, 6.07) is 0. The van der Waals surface area contributed by atoms with E-state index in [-0.39, 0.29) is 6.10 Å². The van der Waals surface area contributed by atoms with Gasteiger partial charge in [0.05, 0.1) is 6.10 Å². The first kappa shape index (κ1) is 14.7. The predicted octanol–water partition coefficient (Wildman–Crippen LogP) is 4.02. The molecule has 0 rings (SSSR count). The van der Waals surface area contributed by atoms with Crippen molar-refractivity contribution >= 4 is 0 Å². The van der Waals surface area contributed by atoms with Crippen LogP contribution in [-0.4, -0.2) is 11.2 Å². The van der Waals surface area contributed by atoms with E-state index in [4.69, 9.17) is 0 Å². The molecule has 0 amide bonds. The Bertz CT molecular complexity index is 178. The molecule has 0 heterocycles. The quantitative estimate of drug-likeness (QED) is 0.659. The molecule has 0 spiro atoms. The molecule has 0 saturated heterocycles. The van der Waals surface area contributed by atoms with Crippen LogP contribution >= 0.6 is 0 Å². The van der Waals surface area contributed by atoms with Crippen LogP contribution in [-0.2, 0) is 0 Å². The zero-order chi connectivity index (χ0) is 12.1. The van der Waals surface area contributed by atoms with Gasteiger partial charge in [0.15, 0.2) is 0 Å². The number of aliphatic hydroxyl groups excluding tert-OH is 1. The molecule has 0 aromatic carbocycles. The highest BCUT2D eigenvalue weighted by Crippen LogP contribution is 2.31. The van der Waals surface area contributed by atoms with Crippen LogP contribution in [0.15, 0.2) is 12.7 Å². The molecular formula is C14H28O. The molecule has 0 saturated carbocycles. The Labute approximate surface area is 95.6 Å². The highest BCUT2D eigenvalue weighted by atomic mass is 16.3. The zero-order valence-corrected chi connectivity index (χ0v) is 11.1. The normalized spacial score (nSPS) is 18.3. The maximum absolute atomic E-state index is 9.66. The summed E-state index contributed by atoms with van der Waals surface area (Å²) in [5, 5.41) is 9.66. The first-order valence-corrected chi connectivity index (χ1v) is 6.06. The fourth-order valence-corrected chi connectivity index (χ4v) is 1.81. The van der Waals surface area contributed by atoms with Crippen molar-refractivity contribution in [3.05, 3.63) is 12.7 Å². The molecular weight excluding hydrogens is 184 g/mol. The molecule has 0 bridgehead atoms. The van der Waals surface area contributed by atoms with E-state index in [9.17, 15) is 5.11 Å². The Morgan fingerprint density at radius 1 is 1.20 bits per heavy atom. The lowest BCUT2D eigenvalue weighted by atomic mass is 9.76. The molecule has 0 aliphatic heterocycles. The Kier molecular flexibility index (Phi) is 6.19. The summed E-state index contributed by atoms with van der Waals surface area (Å²) in [5.41, 5.74) is 0.373. The lowest BCUT2D eigenvalue weighted by Crippen LogP contribution is -2.21. The molecule has 0 aliphatic rings. The number of hydrogen-bond acceptors (Lipinski definition) is 1. The molecule has 3 atom stereocenters. The first-order valence-electron chi connectivity index (χ1n) is 6.06. The molecule has 0 aromatic rings. The van der Waals surface area contributed by atoms with E-state index in [1.54, 1.807) is 6.08 Å². The number of aliphatic hydroxyl groups is 1. The third-order valence-corrected chi connectivity index (χ3v) is 3.35. The summed E-state index contributed by atoms with van der Waals surface area (Å²) in [4.78, 5) is 0. The smallest absolute Gasteiger partial charge is 0.0577 e. The van der Waals surface area contributed by atoms with Crippen molar-refractivity contribution in [2.45, 2.75) is 60.0 Å². The Hall–Kier alpha value is -0.300. The van der Waals surface area contributed by atoms with Gasteiger partial charge in [-0.2, -0.15) is 0 Å². The van der Waals surface area contributed by atoms with Crippen LogP contribution in [0.2, 0.25) is 0 Å². The fraction of sp³-hybridized carbons (Fsp3) is 0.857. The van der Waals surface area contributed by atoms with Crippen LogP contribution in [0.3, 0.4) is 0 Å². The van der Waals surface area contributed by atoms with Gasteiger partial charge in [0.1, 0.15) is 0 Å². The van der Waals surface area contributed by atoms with Gasteiger partial charge >= 0.3 is 0 Å². The van der Waals surface area contributed by atoms with E-state index in [2.05, 4.69) is 41.2 Å². The van der Waals surface area contributed by atoms with E-state index in [0.29, 0.717) is 23.7 Å². The second-order valence-corrected chi connectivity index (χ2v) is 6.02. The third kappa shape index (κ3) is 6.72. The standard InChI is InChI=1S/C14H28O/c1-7-8-13(15)10-11(2)9-12(3)14(4,5)6/h7,11-13,15H,1,8-10H2,2-6H3/t11-,12+,13-/m1/s1. The maximum atomic E-state index is 9.66. The molecule has 1 N–H and O–H groups in total. The minimum atomic E-state index is -0.204. The van der Waals surface area contributed by atoms with Crippen LogP contribution in [0.4, 0.5) is 0 Å². The van der Waals surface area contributed by atoms with E-state index in [0.717, 1.165) is 6.42 Å². The molecule has 0 aromatic heterocycles. The van der Waals surface area contributed by atoms with E-state index in [1.807, 2.05) is 0 Å². The topological polar surface area (TPSA) is 20.2 Å². The zero-order valence-electron chi connectivity index (χ0n) is 11.1. The second-order valence-electron chi connectivity index (χ2n) is 6.02. The van der Waals surface area contributed by atoms with Crippen LogP contribution in [0.1, 0.15) is 53.9 Å². The summed E-state index contributed by atoms with van der Waals surface area (Å²) in [6.45, 7) is 15.0. The molecule has 90 valence electrons. The summed E-state index contributed by atoms with van der Waals surface area (Å²) in [6.07, 6.45) is 4.40. The first-order chi connectivity index (χ1) is 6.77. The van der Waals surface area contributed by atoms with E-state index in [1.165, 1.54) is 6.42 Å². The highest BCUT2D eigenvalue weighted by molar-refractivity contribution is 4.76. The third-order valence-electron chi connectivity index (χ3n) is 3.35. The Morgan fingerprint density at radius 2 is 1.73 bits per heavy atom. The summed E-state index contributed by atoms with van der Waals surface area (Å²) < 4.78 is 0. The average molecular weight is 212 g/mol. The van der Waals surface area contributed by atoms with Crippen LogP contribution < -0.4 is 0 Å². The summed E-state index contributed by atoms with van der Waals surface area (Å²) in [5.74, 6) is 1.29. The van der Waals surface area contributed by atoms with Crippen molar-refractivity contribution in [3.63, 3.8) is 0 Å².